The molecule has 1 aromatic heterocycles. The van der Waals surface area contributed by atoms with Crippen molar-refractivity contribution in [2.75, 3.05) is 11.9 Å². The lowest BCUT2D eigenvalue weighted by molar-refractivity contribution is 0.163. The van der Waals surface area contributed by atoms with Crippen LogP contribution >= 0.6 is 0 Å². The van der Waals surface area contributed by atoms with Gasteiger partial charge >= 0.3 is 0 Å². The highest BCUT2D eigenvalue weighted by atomic mass is 19.3. The summed E-state index contributed by atoms with van der Waals surface area (Å²) in [5.74, 6) is -0.399. The van der Waals surface area contributed by atoms with E-state index in [1.807, 2.05) is 0 Å². The Morgan fingerprint density at radius 1 is 1.11 bits per heavy atom. The van der Waals surface area contributed by atoms with Crippen LogP contribution in [0.25, 0.3) is 11.1 Å². The van der Waals surface area contributed by atoms with E-state index < -0.39 is 18.8 Å². The monoisotopic (exact) mass is 252 g/mol. The van der Waals surface area contributed by atoms with E-state index in [9.17, 15) is 13.2 Å². The van der Waals surface area contributed by atoms with Crippen LogP contribution in [-0.2, 0) is 0 Å². The molecule has 18 heavy (non-hydrogen) atoms. The lowest BCUT2D eigenvalue weighted by atomic mass is 10.0. The van der Waals surface area contributed by atoms with Crippen molar-refractivity contribution in [1.29, 1.82) is 0 Å². The number of pyridine rings is 1. The summed E-state index contributed by atoms with van der Waals surface area (Å²) >= 11 is 0. The number of rotatable bonds is 4. The Labute approximate surface area is 102 Å². The largest absolute Gasteiger partial charge is 0.378 e. The minimum absolute atomic E-state index is 0.358. The van der Waals surface area contributed by atoms with Crippen LogP contribution in [0.5, 0.6) is 0 Å². The second kappa shape index (κ2) is 5.53. The lowest BCUT2D eigenvalue weighted by Gasteiger charge is -2.11. The van der Waals surface area contributed by atoms with E-state index in [0.717, 1.165) is 0 Å². The van der Waals surface area contributed by atoms with Gasteiger partial charge in [0, 0.05) is 17.3 Å². The van der Waals surface area contributed by atoms with E-state index in [1.165, 1.54) is 18.5 Å². The highest BCUT2D eigenvalue weighted by molar-refractivity contribution is 5.77. The van der Waals surface area contributed by atoms with Crippen LogP contribution in [0.3, 0.4) is 0 Å². The van der Waals surface area contributed by atoms with Crippen molar-refractivity contribution in [3.8, 4) is 11.1 Å². The van der Waals surface area contributed by atoms with E-state index in [0.29, 0.717) is 16.8 Å². The minimum atomic E-state index is -2.47. The first-order valence-electron chi connectivity index (χ1n) is 5.39. The zero-order chi connectivity index (χ0) is 13.0. The first-order valence-corrected chi connectivity index (χ1v) is 5.39. The van der Waals surface area contributed by atoms with Crippen molar-refractivity contribution >= 4 is 5.69 Å². The number of hydrogen-bond donors (Lipinski definition) is 1. The van der Waals surface area contributed by atoms with Gasteiger partial charge in [0.2, 0.25) is 0 Å². The van der Waals surface area contributed by atoms with Crippen molar-refractivity contribution in [2.45, 2.75) is 6.43 Å². The molecule has 0 amide bonds. The molecule has 1 aromatic carbocycles. The van der Waals surface area contributed by atoms with Crippen molar-refractivity contribution in [1.82, 2.24) is 4.98 Å². The van der Waals surface area contributed by atoms with Crippen LogP contribution in [0.15, 0.2) is 42.7 Å². The van der Waals surface area contributed by atoms with E-state index >= 15 is 0 Å². The number of benzene rings is 1. The normalized spacial score (nSPS) is 10.7. The van der Waals surface area contributed by atoms with Gasteiger partial charge in [-0.2, -0.15) is 0 Å². The van der Waals surface area contributed by atoms with Crippen molar-refractivity contribution in [2.24, 2.45) is 0 Å². The van der Waals surface area contributed by atoms with Gasteiger partial charge in [0.15, 0.2) is 0 Å². The average molecular weight is 252 g/mol. The maximum Gasteiger partial charge on any atom is 0.255 e. The highest BCUT2D eigenvalue weighted by Crippen LogP contribution is 2.29. The molecule has 0 saturated carbocycles. The topological polar surface area (TPSA) is 24.9 Å². The summed E-state index contributed by atoms with van der Waals surface area (Å²) in [5.41, 5.74) is 1.27. The first kappa shape index (κ1) is 12.4. The minimum Gasteiger partial charge on any atom is -0.378 e. The van der Waals surface area contributed by atoms with Gasteiger partial charge in [0.1, 0.15) is 5.82 Å². The predicted molar refractivity (Wildman–Crippen MR) is 64.1 cm³/mol. The van der Waals surface area contributed by atoms with Crippen molar-refractivity contribution < 1.29 is 13.2 Å². The Bertz CT molecular complexity index is 529. The Morgan fingerprint density at radius 3 is 2.61 bits per heavy atom. The van der Waals surface area contributed by atoms with E-state index in [2.05, 4.69) is 10.3 Å². The maximum atomic E-state index is 13.7. The van der Waals surface area contributed by atoms with E-state index in [4.69, 9.17) is 0 Å². The van der Waals surface area contributed by atoms with Crippen molar-refractivity contribution in [3.05, 3.63) is 48.5 Å². The molecule has 0 saturated heterocycles. The molecular formula is C13H11F3N2. The average Bonchev–Trinajstić information content (AvgIpc) is 2.37. The Balaban J connectivity index is 2.36. The summed E-state index contributed by atoms with van der Waals surface area (Å²) in [6, 6.07) is 7.78. The molecule has 0 spiro atoms. The van der Waals surface area contributed by atoms with Crippen LogP contribution in [0.4, 0.5) is 18.9 Å². The van der Waals surface area contributed by atoms with Crippen LogP contribution in [0, 0.1) is 5.82 Å². The molecule has 0 fully saturated rings. The molecular weight excluding hydrogens is 241 g/mol. The molecule has 1 N–H and O–H groups in total. The molecule has 0 unspecified atom stereocenters. The van der Waals surface area contributed by atoms with Gasteiger partial charge in [-0.15, -0.1) is 0 Å². The molecule has 5 heteroatoms. The van der Waals surface area contributed by atoms with E-state index in [-0.39, 0.29) is 0 Å². The summed E-state index contributed by atoms with van der Waals surface area (Å²) in [6.45, 7) is -0.493. The van der Waals surface area contributed by atoms with Gasteiger partial charge in [-0.05, 0) is 12.1 Å². The number of halogens is 3. The maximum absolute atomic E-state index is 13.7. The van der Waals surface area contributed by atoms with Crippen LogP contribution < -0.4 is 5.32 Å². The number of anilines is 1. The third-order valence-electron chi connectivity index (χ3n) is 2.43. The number of nitrogens with zero attached hydrogens (tertiary/aromatic N) is 1. The zero-order valence-corrected chi connectivity index (χ0v) is 9.41. The third kappa shape index (κ3) is 2.80. The van der Waals surface area contributed by atoms with Gasteiger partial charge < -0.3 is 5.32 Å². The first-order chi connectivity index (χ1) is 8.68. The smallest absolute Gasteiger partial charge is 0.255 e. The Hall–Kier alpha value is -2.04. The van der Waals surface area contributed by atoms with Crippen molar-refractivity contribution in [3.63, 3.8) is 0 Å². The number of aromatic nitrogens is 1. The Kier molecular flexibility index (Phi) is 3.82. The zero-order valence-electron chi connectivity index (χ0n) is 9.41. The molecule has 1 heterocycles. The summed E-state index contributed by atoms with van der Waals surface area (Å²) in [4.78, 5) is 3.85. The van der Waals surface area contributed by atoms with E-state index in [1.54, 1.807) is 24.3 Å². The molecule has 0 atom stereocenters. The standard InChI is InChI=1S/C13H11F3N2/c14-11-4-2-1-3-9(11)10-5-6-17-7-12(10)18-8-13(15)16/h1-7,13,18H,8H2. The van der Waals surface area contributed by atoms with Gasteiger partial charge in [-0.1, -0.05) is 18.2 Å². The predicted octanol–water partition coefficient (Wildman–Crippen LogP) is 3.56. The third-order valence-corrected chi connectivity index (χ3v) is 2.43. The molecule has 0 aliphatic carbocycles. The fraction of sp³-hybridized carbons (Fsp3) is 0.154. The summed E-state index contributed by atoms with van der Waals surface area (Å²) < 4.78 is 38.0. The molecule has 0 bridgehead atoms. The number of alkyl halides is 2. The highest BCUT2D eigenvalue weighted by Gasteiger charge is 2.10. The molecule has 0 aliphatic rings. The number of hydrogen-bond acceptors (Lipinski definition) is 2. The van der Waals surface area contributed by atoms with Gasteiger partial charge in [0.05, 0.1) is 18.4 Å². The molecule has 2 nitrogen and oxygen atoms in total. The van der Waals surface area contributed by atoms with Gasteiger partial charge in [-0.25, -0.2) is 13.2 Å². The summed E-state index contributed by atoms with van der Waals surface area (Å²) in [6.07, 6.45) is 0.429. The fourth-order valence-electron chi connectivity index (χ4n) is 1.64. The lowest BCUT2D eigenvalue weighted by Crippen LogP contribution is -2.11. The number of nitrogens with one attached hydrogen (secondary N) is 1. The second-order valence-electron chi connectivity index (χ2n) is 3.67. The quantitative estimate of drug-likeness (QED) is 0.899. The molecule has 94 valence electrons. The molecule has 0 aliphatic heterocycles. The van der Waals surface area contributed by atoms with Crippen LogP contribution in [0.2, 0.25) is 0 Å². The Morgan fingerprint density at radius 2 is 1.89 bits per heavy atom. The molecule has 2 rings (SSSR count). The van der Waals surface area contributed by atoms with Crippen LogP contribution in [0.1, 0.15) is 0 Å². The SMILES string of the molecule is Fc1ccccc1-c1ccncc1NCC(F)F. The second-order valence-corrected chi connectivity index (χ2v) is 3.67. The fourth-order valence-corrected chi connectivity index (χ4v) is 1.64. The summed E-state index contributed by atoms with van der Waals surface area (Å²) in [5, 5.41) is 2.56. The van der Waals surface area contributed by atoms with Crippen LogP contribution in [-0.4, -0.2) is 18.0 Å². The van der Waals surface area contributed by atoms with Gasteiger partial charge in [0.25, 0.3) is 6.43 Å². The van der Waals surface area contributed by atoms with Gasteiger partial charge in [-0.3, -0.25) is 4.98 Å². The summed E-state index contributed by atoms with van der Waals surface area (Å²) in [7, 11) is 0. The molecule has 2 aromatic rings. The molecule has 0 radical (unpaired) electrons.